The molecule has 0 radical (unpaired) electrons. The summed E-state index contributed by atoms with van der Waals surface area (Å²) in [5.41, 5.74) is 1.76. The molecule has 0 spiro atoms. The Morgan fingerprint density at radius 3 is 2.95 bits per heavy atom. The number of aryl methyl sites for hydroxylation is 1. The fourth-order valence-electron chi connectivity index (χ4n) is 1.63. The minimum atomic E-state index is -0.367. The topological polar surface area (TPSA) is 90.7 Å². The average Bonchev–Trinajstić information content (AvgIpc) is 2.88. The molecule has 2 N–H and O–H groups in total. The van der Waals surface area contributed by atoms with Gasteiger partial charge in [-0.1, -0.05) is 23.5 Å². The van der Waals surface area contributed by atoms with Crippen molar-refractivity contribution in [2.45, 2.75) is 13.8 Å². The molecule has 0 fully saturated rings. The van der Waals surface area contributed by atoms with Gasteiger partial charge in [-0.25, -0.2) is 0 Å². The third kappa shape index (κ3) is 2.92. The van der Waals surface area contributed by atoms with Crippen LogP contribution in [0.15, 0.2) is 18.2 Å². The number of aromatic nitrogens is 2. The van der Waals surface area contributed by atoms with Crippen molar-refractivity contribution in [2.75, 3.05) is 17.2 Å². The summed E-state index contributed by atoms with van der Waals surface area (Å²) in [5, 5.41) is 23.3. The van der Waals surface area contributed by atoms with Crippen molar-refractivity contribution in [2.24, 2.45) is 0 Å². The second-order valence-corrected chi connectivity index (χ2v) is 4.98. The zero-order valence-electron chi connectivity index (χ0n) is 11.1. The molecule has 1 aromatic carbocycles. The van der Waals surface area contributed by atoms with Gasteiger partial charge in [0, 0.05) is 6.54 Å². The number of carbonyl (C=O) groups excluding carboxylic acids is 1. The molecule has 0 saturated carbocycles. The number of nitrogens with one attached hydrogen (secondary N) is 2. The number of carbonyl (C=O) groups is 1. The predicted octanol–water partition coefficient (Wildman–Crippen LogP) is 2.40. The van der Waals surface area contributed by atoms with Crippen LogP contribution in [0.25, 0.3) is 0 Å². The Morgan fingerprint density at radius 2 is 2.25 bits per heavy atom. The number of nitrogens with zero attached hydrogens (tertiary/aromatic N) is 3. The third-order valence-corrected chi connectivity index (χ3v) is 3.46. The maximum Gasteiger partial charge on any atom is 0.286 e. The highest BCUT2D eigenvalue weighted by molar-refractivity contribution is 7.17. The van der Waals surface area contributed by atoms with Crippen LogP contribution in [-0.2, 0) is 0 Å². The highest BCUT2D eigenvalue weighted by Crippen LogP contribution is 2.21. The van der Waals surface area contributed by atoms with E-state index in [-0.39, 0.29) is 10.9 Å². The number of hydrogen-bond acceptors (Lipinski definition) is 6. The minimum absolute atomic E-state index is 0.256. The molecule has 0 aliphatic rings. The Balaban J connectivity index is 2.19. The largest absolute Gasteiger partial charge is 0.360 e. The summed E-state index contributed by atoms with van der Waals surface area (Å²) in [4.78, 5) is 12.1. The van der Waals surface area contributed by atoms with Crippen LogP contribution in [0, 0.1) is 18.3 Å². The van der Waals surface area contributed by atoms with E-state index in [1.165, 1.54) is 11.3 Å². The van der Waals surface area contributed by atoms with Gasteiger partial charge in [0.05, 0.1) is 11.3 Å². The SMILES string of the molecule is CCNc1nnc(C(=O)Nc2cccc(C)c2C#N)s1. The molecule has 0 atom stereocenters. The van der Waals surface area contributed by atoms with Gasteiger partial charge >= 0.3 is 0 Å². The van der Waals surface area contributed by atoms with Crippen LogP contribution in [0.3, 0.4) is 0 Å². The number of amides is 1. The lowest BCUT2D eigenvalue weighted by atomic mass is 10.1. The molecule has 2 aromatic rings. The maximum absolute atomic E-state index is 12.1. The van der Waals surface area contributed by atoms with Crippen molar-refractivity contribution in [3.63, 3.8) is 0 Å². The Morgan fingerprint density at radius 1 is 1.45 bits per heavy atom. The molecule has 2 rings (SSSR count). The summed E-state index contributed by atoms with van der Waals surface area (Å²) in [6.07, 6.45) is 0. The molecule has 1 amide bonds. The van der Waals surface area contributed by atoms with Gasteiger partial charge in [-0.3, -0.25) is 4.79 Å². The van der Waals surface area contributed by atoms with Crippen molar-refractivity contribution < 1.29 is 4.79 Å². The molecule has 0 bridgehead atoms. The second kappa shape index (κ2) is 6.12. The molecular weight excluding hydrogens is 274 g/mol. The summed E-state index contributed by atoms with van der Waals surface area (Å²) in [5.74, 6) is -0.367. The van der Waals surface area contributed by atoms with Crippen molar-refractivity contribution in [1.29, 1.82) is 5.26 Å². The molecule has 0 unspecified atom stereocenters. The van der Waals surface area contributed by atoms with Crippen molar-refractivity contribution in [3.8, 4) is 6.07 Å². The van der Waals surface area contributed by atoms with Gasteiger partial charge in [0.15, 0.2) is 0 Å². The zero-order chi connectivity index (χ0) is 14.5. The predicted molar refractivity (Wildman–Crippen MR) is 77.9 cm³/mol. The van der Waals surface area contributed by atoms with Gasteiger partial charge < -0.3 is 10.6 Å². The van der Waals surface area contributed by atoms with E-state index in [1.807, 2.05) is 19.9 Å². The first-order chi connectivity index (χ1) is 9.65. The summed E-state index contributed by atoms with van der Waals surface area (Å²) in [7, 11) is 0. The lowest BCUT2D eigenvalue weighted by molar-refractivity contribution is 0.102. The minimum Gasteiger partial charge on any atom is -0.360 e. The molecule has 1 aromatic heterocycles. The lowest BCUT2D eigenvalue weighted by Crippen LogP contribution is -2.13. The van der Waals surface area contributed by atoms with Crippen molar-refractivity contribution in [3.05, 3.63) is 34.3 Å². The van der Waals surface area contributed by atoms with Gasteiger partial charge in [0.2, 0.25) is 10.1 Å². The second-order valence-electron chi connectivity index (χ2n) is 4.01. The van der Waals surface area contributed by atoms with Crippen molar-refractivity contribution in [1.82, 2.24) is 10.2 Å². The van der Waals surface area contributed by atoms with Gasteiger partial charge in [0.1, 0.15) is 6.07 Å². The van der Waals surface area contributed by atoms with E-state index in [4.69, 9.17) is 5.26 Å². The Kier molecular flexibility index (Phi) is 4.27. The third-order valence-electron chi connectivity index (χ3n) is 2.58. The summed E-state index contributed by atoms with van der Waals surface area (Å²) < 4.78 is 0. The van der Waals surface area contributed by atoms with E-state index in [0.29, 0.717) is 22.9 Å². The summed E-state index contributed by atoms with van der Waals surface area (Å²) in [6.45, 7) is 4.47. The fraction of sp³-hybridized carbons (Fsp3) is 0.231. The standard InChI is InChI=1S/C13H13N5OS/c1-3-15-13-18-17-12(20-13)11(19)16-10-6-4-5-8(2)9(10)7-14/h4-6H,3H2,1-2H3,(H,15,18)(H,16,19). The van der Waals surface area contributed by atoms with Crippen LogP contribution in [0.4, 0.5) is 10.8 Å². The van der Waals surface area contributed by atoms with E-state index >= 15 is 0 Å². The number of rotatable bonds is 4. The normalized spacial score (nSPS) is 9.85. The maximum atomic E-state index is 12.1. The van der Waals surface area contributed by atoms with Crippen LogP contribution >= 0.6 is 11.3 Å². The van der Waals surface area contributed by atoms with Gasteiger partial charge in [0.25, 0.3) is 5.91 Å². The monoisotopic (exact) mass is 287 g/mol. The van der Waals surface area contributed by atoms with E-state index in [1.54, 1.807) is 12.1 Å². The van der Waals surface area contributed by atoms with E-state index < -0.39 is 0 Å². The first kappa shape index (κ1) is 14.0. The fourth-order valence-corrected chi connectivity index (χ4v) is 2.34. The van der Waals surface area contributed by atoms with E-state index in [0.717, 1.165) is 5.56 Å². The first-order valence-corrected chi connectivity index (χ1v) is 6.85. The van der Waals surface area contributed by atoms with E-state index in [2.05, 4.69) is 26.9 Å². The van der Waals surface area contributed by atoms with E-state index in [9.17, 15) is 4.79 Å². The Labute approximate surface area is 120 Å². The summed E-state index contributed by atoms with van der Waals surface area (Å²) in [6, 6.07) is 7.39. The molecular formula is C13H13N5OS. The van der Waals surface area contributed by atoms with Crippen molar-refractivity contribution >= 4 is 28.1 Å². The number of benzene rings is 1. The van der Waals surface area contributed by atoms with Gasteiger partial charge in [-0.2, -0.15) is 5.26 Å². The molecule has 20 heavy (non-hydrogen) atoms. The Bertz CT molecular complexity index is 674. The van der Waals surface area contributed by atoms with Crippen LogP contribution in [0.1, 0.15) is 27.9 Å². The van der Waals surface area contributed by atoms with Crippen LogP contribution in [0.2, 0.25) is 0 Å². The zero-order valence-corrected chi connectivity index (χ0v) is 11.9. The smallest absolute Gasteiger partial charge is 0.286 e. The number of hydrogen-bond donors (Lipinski definition) is 2. The quantitative estimate of drug-likeness (QED) is 0.901. The van der Waals surface area contributed by atoms with Gasteiger partial charge in [-0.05, 0) is 25.5 Å². The Hall–Kier alpha value is -2.46. The molecule has 0 saturated heterocycles. The molecule has 0 aliphatic carbocycles. The average molecular weight is 287 g/mol. The summed E-state index contributed by atoms with van der Waals surface area (Å²) >= 11 is 1.17. The van der Waals surface area contributed by atoms with Gasteiger partial charge in [-0.15, -0.1) is 10.2 Å². The van der Waals surface area contributed by atoms with Crippen LogP contribution in [-0.4, -0.2) is 22.6 Å². The molecule has 102 valence electrons. The molecule has 6 nitrogen and oxygen atoms in total. The number of anilines is 2. The van der Waals surface area contributed by atoms with Crippen LogP contribution < -0.4 is 10.6 Å². The highest BCUT2D eigenvalue weighted by Gasteiger charge is 2.15. The molecule has 1 heterocycles. The first-order valence-electron chi connectivity index (χ1n) is 6.04. The molecule has 7 heteroatoms. The highest BCUT2D eigenvalue weighted by atomic mass is 32.1. The van der Waals surface area contributed by atoms with Crippen LogP contribution in [0.5, 0.6) is 0 Å². The lowest BCUT2D eigenvalue weighted by Gasteiger charge is -2.06. The molecule has 0 aliphatic heterocycles. The number of nitriles is 1.